The second-order valence-electron chi connectivity index (χ2n) is 4.85. The zero-order chi connectivity index (χ0) is 10.9. The van der Waals surface area contributed by atoms with Crippen LogP contribution in [0.25, 0.3) is 0 Å². The summed E-state index contributed by atoms with van der Waals surface area (Å²) in [4.78, 5) is 11.4. The van der Waals surface area contributed by atoms with Crippen molar-refractivity contribution in [1.82, 2.24) is 0 Å². The third-order valence-corrected chi connectivity index (χ3v) is 3.27. The summed E-state index contributed by atoms with van der Waals surface area (Å²) in [5.74, 6) is 0.650. The van der Waals surface area contributed by atoms with Gasteiger partial charge in [0.05, 0.1) is 25.4 Å². The first-order valence-electron chi connectivity index (χ1n) is 5.60. The number of hydrogen-bond donors (Lipinski definition) is 0. The second kappa shape index (κ2) is 3.97. The van der Waals surface area contributed by atoms with Crippen molar-refractivity contribution in [3.63, 3.8) is 0 Å². The number of ketones is 1. The molecular weight excluding hydrogens is 192 g/mol. The summed E-state index contributed by atoms with van der Waals surface area (Å²) in [6.45, 7) is 4.98. The first-order chi connectivity index (χ1) is 7.11. The Bertz CT molecular complexity index is 283. The lowest BCUT2D eigenvalue weighted by molar-refractivity contribution is -0.143. The number of ether oxygens (including phenoxy) is 2. The van der Waals surface area contributed by atoms with Crippen molar-refractivity contribution in [2.75, 3.05) is 6.61 Å². The maximum Gasteiger partial charge on any atom is 0.162 e. The lowest BCUT2D eigenvalue weighted by atomic mass is 9.82. The van der Waals surface area contributed by atoms with Crippen molar-refractivity contribution in [2.45, 2.75) is 44.8 Å². The summed E-state index contributed by atoms with van der Waals surface area (Å²) in [7, 11) is 0. The lowest BCUT2D eigenvalue weighted by Crippen LogP contribution is -2.46. The number of rotatable bonds is 1. The van der Waals surface area contributed by atoms with Gasteiger partial charge in [-0.05, 0) is 5.92 Å². The molecule has 0 radical (unpaired) electrons. The highest BCUT2D eigenvalue weighted by atomic mass is 16.5. The minimum Gasteiger partial charge on any atom is -0.494 e. The largest absolute Gasteiger partial charge is 0.494 e. The van der Waals surface area contributed by atoms with Crippen LogP contribution in [0, 0.1) is 5.92 Å². The van der Waals surface area contributed by atoms with E-state index >= 15 is 0 Å². The standard InChI is InChI=1S/C12H18O3/c1-9(2)11-8-12(4-6-14-11)7-10(13)3-5-15-12/h3,5,9,11H,4,6-8H2,1-2H3. The van der Waals surface area contributed by atoms with Crippen LogP contribution in [0.4, 0.5) is 0 Å². The normalized spacial score (nSPS) is 35.9. The summed E-state index contributed by atoms with van der Waals surface area (Å²) in [6.07, 6.45) is 5.46. The Hall–Kier alpha value is -0.830. The molecule has 15 heavy (non-hydrogen) atoms. The van der Waals surface area contributed by atoms with Crippen LogP contribution in [-0.4, -0.2) is 24.1 Å². The van der Waals surface area contributed by atoms with E-state index in [0.717, 1.165) is 12.8 Å². The van der Waals surface area contributed by atoms with Crippen LogP contribution in [0.1, 0.15) is 33.1 Å². The fourth-order valence-corrected chi connectivity index (χ4v) is 2.29. The number of hydrogen-bond acceptors (Lipinski definition) is 3. The molecule has 0 N–H and O–H groups in total. The highest BCUT2D eigenvalue weighted by molar-refractivity contribution is 5.90. The van der Waals surface area contributed by atoms with E-state index in [-0.39, 0.29) is 17.5 Å². The van der Waals surface area contributed by atoms with Gasteiger partial charge in [-0.15, -0.1) is 0 Å². The predicted octanol–water partition coefficient (Wildman–Crippen LogP) is 2.06. The van der Waals surface area contributed by atoms with Crippen LogP contribution >= 0.6 is 0 Å². The Labute approximate surface area is 90.4 Å². The summed E-state index contributed by atoms with van der Waals surface area (Å²) in [5, 5.41) is 0. The molecule has 0 aromatic carbocycles. The van der Waals surface area contributed by atoms with Gasteiger partial charge in [0.25, 0.3) is 0 Å². The van der Waals surface area contributed by atoms with Crippen molar-refractivity contribution in [1.29, 1.82) is 0 Å². The quantitative estimate of drug-likeness (QED) is 0.664. The Balaban J connectivity index is 2.08. The molecule has 1 fully saturated rings. The van der Waals surface area contributed by atoms with Gasteiger partial charge in [-0.2, -0.15) is 0 Å². The Morgan fingerprint density at radius 1 is 1.53 bits per heavy atom. The smallest absolute Gasteiger partial charge is 0.162 e. The van der Waals surface area contributed by atoms with E-state index in [0.29, 0.717) is 18.9 Å². The van der Waals surface area contributed by atoms with Crippen molar-refractivity contribution in [2.24, 2.45) is 5.92 Å². The number of carbonyl (C=O) groups is 1. The van der Waals surface area contributed by atoms with E-state index in [9.17, 15) is 4.79 Å². The first-order valence-corrected chi connectivity index (χ1v) is 5.60. The fourth-order valence-electron chi connectivity index (χ4n) is 2.29. The lowest BCUT2D eigenvalue weighted by Gasteiger charge is -2.42. The monoisotopic (exact) mass is 210 g/mol. The van der Waals surface area contributed by atoms with Gasteiger partial charge < -0.3 is 9.47 Å². The number of allylic oxidation sites excluding steroid dienone is 1. The zero-order valence-electron chi connectivity index (χ0n) is 9.36. The molecule has 0 aromatic heterocycles. The van der Waals surface area contributed by atoms with Gasteiger partial charge in [-0.25, -0.2) is 0 Å². The summed E-state index contributed by atoms with van der Waals surface area (Å²) >= 11 is 0. The average Bonchev–Trinajstić information content (AvgIpc) is 2.17. The van der Waals surface area contributed by atoms with E-state index in [4.69, 9.17) is 9.47 Å². The molecule has 2 rings (SSSR count). The van der Waals surface area contributed by atoms with Crippen molar-refractivity contribution in [3.8, 4) is 0 Å². The molecule has 0 aliphatic carbocycles. The molecule has 2 unspecified atom stereocenters. The van der Waals surface area contributed by atoms with Gasteiger partial charge in [0.2, 0.25) is 0 Å². The van der Waals surface area contributed by atoms with Gasteiger partial charge in [0, 0.05) is 18.9 Å². The topological polar surface area (TPSA) is 35.5 Å². The fraction of sp³-hybridized carbons (Fsp3) is 0.750. The Kier molecular flexibility index (Phi) is 2.83. The second-order valence-corrected chi connectivity index (χ2v) is 4.85. The van der Waals surface area contributed by atoms with Crippen LogP contribution in [0.2, 0.25) is 0 Å². The highest BCUT2D eigenvalue weighted by Gasteiger charge is 2.41. The minimum atomic E-state index is -0.279. The molecule has 3 nitrogen and oxygen atoms in total. The average molecular weight is 210 g/mol. The molecule has 3 heteroatoms. The molecule has 84 valence electrons. The Morgan fingerprint density at radius 3 is 3.00 bits per heavy atom. The van der Waals surface area contributed by atoms with Gasteiger partial charge in [0.15, 0.2) is 5.78 Å². The molecule has 0 aromatic rings. The summed E-state index contributed by atoms with van der Waals surface area (Å²) < 4.78 is 11.4. The van der Waals surface area contributed by atoms with Gasteiger partial charge in [-0.1, -0.05) is 13.8 Å². The van der Waals surface area contributed by atoms with Crippen molar-refractivity contribution >= 4 is 5.78 Å². The van der Waals surface area contributed by atoms with Crippen molar-refractivity contribution < 1.29 is 14.3 Å². The maximum atomic E-state index is 11.4. The molecule has 2 aliphatic rings. The number of carbonyl (C=O) groups excluding carboxylic acids is 1. The predicted molar refractivity (Wildman–Crippen MR) is 56.4 cm³/mol. The van der Waals surface area contributed by atoms with Gasteiger partial charge >= 0.3 is 0 Å². The van der Waals surface area contributed by atoms with E-state index in [2.05, 4.69) is 13.8 Å². The SMILES string of the molecule is CC(C)C1CC2(CCO1)CC(=O)C=CO2. The molecule has 1 spiro atoms. The molecule has 2 heterocycles. The highest BCUT2D eigenvalue weighted by Crippen LogP contribution is 2.36. The van der Waals surface area contributed by atoms with Crippen LogP contribution in [0.15, 0.2) is 12.3 Å². The van der Waals surface area contributed by atoms with E-state index in [1.54, 1.807) is 6.26 Å². The molecule has 2 atom stereocenters. The Morgan fingerprint density at radius 2 is 2.33 bits per heavy atom. The van der Waals surface area contributed by atoms with E-state index in [1.165, 1.54) is 6.08 Å². The van der Waals surface area contributed by atoms with Crippen LogP contribution < -0.4 is 0 Å². The molecule has 0 amide bonds. The molecule has 2 aliphatic heterocycles. The summed E-state index contributed by atoms with van der Waals surface area (Å²) in [5.41, 5.74) is -0.279. The summed E-state index contributed by atoms with van der Waals surface area (Å²) in [6, 6.07) is 0. The zero-order valence-corrected chi connectivity index (χ0v) is 9.36. The molecular formula is C12H18O3. The van der Waals surface area contributed by atoms with E-state index < -0.39 is 0 Å². The van der Waals surface area contributed by atoms with Gasteiger partial charge in [-0.3, -0.25) is 4.79 Å². The molecule has 0 bridgehead atoms. The van der Waals surface area contributed by atoms with Crippen LogP contribution in [-0.2, 0) is 14.3 Å². The minimum absolute atomic E-state index is 0.172. The first kappa shape index (κ1) is 10.7. The molecule has 0 saturated carbocycles. The van der Waals surface area contributed by atoms with Crippen LogP contribution in [0.3, 0.4) is 0 Å². The van der Waals surface area contributed by atoms with Crippen LogP contribution in [0.5, 0.6) is 0 Å². The van der Waals surface area contributed by atoms with Gasteiger partial charge in [0.1, 0.15) is 5.60 Å². The third-order valence-electron chi connectivity index (χ3n) is 3.27. The third kappa shape index (κ3) is 2.23. The van der Waals surface area contributed by atoms with Crippen molar-refractivity contribution in [3.05, 3.63) is 12.3 Å². The maximum absolute atomic E-state index is 11.4. The molecule has 1 saturated heterocycles. The van der Waals surface area contributed by atoms with E-state index in [1.807, 2.05) is 0 Å².